The second kappa shape index (κ2) is 9.37. The smallest absolute Gasteiger partial charge is 0.460 e. The molecule has 1 atom stereocenters. The van der Waals surface area contributed by atoms with E-state index in [1.54, 1.807) is 6.92 Å². The Morgan fingerprint density at radius 1 is 0.788 bits per heavy atom. The molecule has 0 aromatic heterocycles. The summed E-state index contributed by atoms with van der Waals surface area (Å²) in [4.78, 5) is 0. The third-order valence-electron chi connectivity index (χ3n) is 4.46. The molecule has 15 heteroatoms. The molecular formula is C18H17F13O2. The largest absolute Gasteiger partial charge is 0.494 e. The number of rotatable bonds is 11. The van der Waals surface area contributed by atoms with Gasteiger partial charge < -0.3 is 9.84 Å². The van der Waals surface area contributed by atoms with E-state index in [1.807, 2.05) is 0 Å². The molecule has 0 aliphatic rings. The number of alkyl halides is 13. The Kier molecular flexibility index (Phi) is 8.27. The van der Waals surface area contributed by atoms with Gasteiger partial charge in [-0.15, -0.1) is 0 Å². The van der Waals surface area contributed by atoms with Crippen LogP contribution in [0.1, 0.15) is 37.9 Å². The highest BCUT2D eigenvalue weighted by Gasteiger charge is 2.90. The Bertz CT molecular complexity index is 790. The predicted molar refractivity (Wildman–Crippen MR) is 87.2 cm³/mol. The highest BCUT2D eigenvalue weighted by Crippen LogP contribution is 2.61. The number of hydrogen-bond acceptors (Lipinski definition) is 2. The van der Waals surface area contributed by atoms with Gasteiger partial charge in [-0.25, -0.2) is 0 Å². The topological polar surface area (TPSA) is 29.5 Å². The van der Waals surface area contributed by atoms with E-state index in [-0.39, 0.29) is 12.4 Å². The zero-order valence-corrected chi connectivity index (χ0v) is 16.5. The predicted octanol–water partition coefficient (Wildman–Crippen LogP) is 7.03. The van der Waals surface area contributed by atoms with Crippen LogP contribution in [0.3, 0.4) is 0 Å². The number of hydrogen-bond donors (Lipinski definition) is 1. The van der Waals surface area contributed by atoms with Crippen LogP contribution < -0.4 is 4.74 Å². The molecule has 1 aromatic carbocycles. The van der Waals surface area contributed by atoms with Gasteiger partial charge in [-0.05, 0) is 24.1 Å². The van der Waals surface area contributed by atoms with Crippen LogP contribution in [-0.4, -0.2) is 47.5 Å². The number of ether oxygens (including phenoxy) is 1. The molecule has 0 bridgehead atoms. The minimum atomic E-state index is -7.97. The monoisotopic (exact) mass is 512 g/mol. The van der Waals surface area contributed by atoms with E-state index in [0.29, 0.717) is 12.8 Å². The van der Waals surface area contributed by atoms with E-state index in [9.17, 15) is 62.2 Å². The van der Waals surface area contributed by atoms with Gasteiger partial charge in [-0.1, -0.05) is 25.5 Å². The van der Waals surface area contributed by atoms with Crippen molar-refractivity contribution in [2.75, 3.05) is 6.61 Å². The Balaban J connectivity index is 3.24. The number of halogens is 13. The van der Waals surface area contributed by atoms with Crippen molar-refractivity contribution in [1.29, 1.82) is 0 Å². The average Bonchev–Trinajstić information content (AvgIpc) is 2.66. The van der Waals surface area contributed by atoms with Crippen molar-refractivity contribution in [3.05, 3.63) is 29.8 Å². The second-order valence-electron chi connectivity index (χ2n) is 6.99. The molecule has 1 aromatic rings. The molecule has 0 radical (unpaired) electrons. The maximum atomic E-state index is 13.9. The first-order chi connectivity index (χ1) is 14.7. The van der Waals surface area contributed by atoms with E-state index in [2.05, 4.69) is 0 Å². The summed E-state index contributed by atoms with van der Waals surface area (Å²) in [7, 11) is 0. The van der Waals surface area contributed by atoms with Gasteiger partial charge in [-0.2, -0.15) is 57.1 Å². The molecule has 0 saturated carbocycles. The van der Waals surface area contributed by atoms with Crippen molar-refractivity contribution < 1.29 is 66.9 Å². The van der Waals surface area contributed by atoms with Crippen LogP contribution in [0.2, 0.25) is 0 Å². The Morgan fingerprint density at radius 3 is 1.79 bits per heavy atom. The summed E-state index contributed by atoms with van der Waals surface area (Å²) in [6.45, 7) is 1.90. The number of aliphatic hydroxyl groups excluding tert-OH is 1. The van der Waals surface area contributed by atoms with Crippen molar-refractivity contribution in [1.82, 2.24) is 0 Å². The third kappa shape index (κ3) is 5.27. The molecule has 0 aliphatic heterocycles. The average molecular weight is 512 g/mol. The van der Waals surface area contributed by atoms with Crippen LogP contribution in [0.15, 0.2) is 24.3 Å². The van der Waals surface area contributed by atoms with Gasteiger partial charge in [-0.3, -0.25) is 0 Å². The van der Waals surface area contributed by atoms with E-state index < -0.39 is 53.9 Å². The maximum absolute atomic E-state index is 13.9. The summed E-state index contributed by atoms with van der Waals surface area (Å²) in [6.07, 6.45) is -11.7. The maximum Gasteiger partial charge on any atom is 0.460 e. The van der Waals surface area contributed by atoms with Gasteiger partial charge in [0.15, 0.2) is 0 Å². The van der Waals surface area contributed by atoms with Crippen molar-refractivity contribution >= 4 is 0 Å². The molecule has 0 aliphatic carbocycles. The summed E-state index contributed by atoms with van der Waals surface area (Å²) in [6, 6.07) is 3.99. The molecule has 2 nitrogen and oxygen atoms in total. The molecular weight excluding hydrogens is 495 g/mol. The zero-order valence-electron chi connectivity index (χ0n) is 16.5. The third-order valence-corrected chi connectivity index (χ3v) is 4.46. The van der Waals surface area contributed by atoms with E-state index in [1.165, 1.54) is 6.07 Å². The first-order valence-electron chi connectivity index (χ1n) is 9.04. The summed E-state index contributed by atoms with van der Waals surface area (Å²) >= 11 is 0. The quantitative estimate of drug-likeness (QED) is 0.255. The molecule has 1 rings (SSSR count). The SMILES string of the molecule is CCCCOc1cccc(C(O)CC(F)(F)C(F)(F)C(F)(F)C(F)(F)C(F)(F)C(F)(F)F)c1. The Labute approximate surface area is 178 Å². The highest BCUT2D eigenvalue weighted by molar-refractivity contribution is 5.30. The van der Waals surface area contributed by atoms with Crippen LogP contribution in [0, 0.1) is 0 Å². The van der Waals surface area contributed by atoms with Crippen LogP contribution >= 0.6 is 0 Å². The van der Waals surface area contributed by atoms with Crippen LogP contribution in [-0.2, 0) is 0 Å². The van der Waals surface area contributed by atoms with E-state index >= 15 is 0 Å². The fourth-order valence-corrected chi connectivity index (χ4v) is 2.44. The van der Waals surface area contributed by atoms with Crippen molar-refractivity contribution in [2.24, 2.45) is 0 Å². The lowest BCUT2D eigenvalue weighted by Crippen LogP contribution is -2.70. The molecule has 0 spiro atoms. The van der Waals surface area contributed by atoms with Gasteiger partial charge in [0, 0.05) is 6.42 Å². The highest BCUT2D eigenvalue weighted by atomic mass is 19.4. The van der Waals surface area contributed by atoms with Crippen molar-refractivity contribution in [2.45, 2.75) is 68.1 Å². The molecule has 0 fully saturated rings. The lowest BCUT2D eigenvalue weighted by Gasteiger charge is -2.40. The van der Waals surface area contributed by atoms with Gasteiger partial charge >= 0.3 is 35.8 Å². The minimum Gasteiger partial charge on any atom is -0.494 e. The normalized spacial score (nSPS) is 15.5. The van der Waals surface area contributed by atoms with Crippen LogP contribution in [0.25, 0.3) is 0 Å². The Hall–Kier alpha value is -1.93. The van der Waals surface area contributed by atoms with Crippen molar-refractivity contribution in [3.63, 3.8) is 0 Å². The van der Waals surface area contributed by atoms with Gasteiger partial charge in [0.25, 0.3) is 0 Å². The molecule has 0 amide bonds. The van der Waals surface area contributed by atoms with Gasteiger partial charge in [0.2, 0.25) is 0 Å². The number of aliphatic hydroxyl groups is 1. The van der Waals surface area contributed by atoms with Gasteiger partial charge in [0.05, 0.1) is 12.7 Å². The lowest BCUT2D eigenvalue weighted by atomic mass is 9.90. The molecule has 192 valence electrons. The molecule has 33 heavy (non-hydrogen) atoms. The fraction of sp³-hybridized carbons (Fsp3) is 0.667. The van der Waals surface area contributed by atoms with E-state index in [4.69, 9.17) is 4.74 Å². The number of unbranched alkanes of at least 4 members (excludes halogenated alkanes) is 1. The zero-order chi connectivity index (χ0) is 26.1. The minimum absolute atomic E-state index is 0.0724. The van der Waals surface area contributed by atoms with Crippen LogP contribution in [0.4, 0.5) is 57.1 Å². The van der Waals surface area contributed by atoms with Crippen molar-refractivity contribution in [3.8, 4) is 5.75 Å². The van der Waals surface area contributed by atoms with E-state index in [0.717, 1.165) is 18.2 Å². The second-order valence-corrected chi connectivity index (χ2v) is 6.99. The summed E-state index contributed by atoms with van der Waals surface area (Å²) < 4.78 is 176. The molecule has 1 unspecified atom stereocenters. The molecule has 0 saturated heterocycles. The standard InChI is InChI=1S/C18H17F13O2/c1-2-3-7-33-11-6-4-5-10(8-11)12(32)9-13(19,20)14(21,22)15(23,24)16(25,26)17(27,28)18(29,30)31/h4-6,8,12,32H,2-3,7,9H2,1H3. The number of benzene rings is 1. The lowest BCUT2D eigenvalue weighted by molar-refractivity contribution is -0.440. The fourth-order valence-electron chi connectivity index (χ4n) is 2.44. The van der Waals surface area contributed by atoms with Crippen LogP contribution in [0.5, 0.6) is 5.75 Å². The first-order valence-corrected chi connectivity index (χ1v) is 9.04. The van der Waals surface area contributed by atoms with Gasteiger partial charge in [0.1, 0.15) is 5.75 Å². The summed E-state index contributed by atoms with van der Waals surface area (Å²) in [5, 5.41) is 9.74. The first kappa shape index (κ1) is 29.1. The Morgan fingerprint density at radius 2 is 1.30 bits per heavy atom. The summed E-state index contributed by atoms with van der Waals surface area (Å²) in [5.41, 5.74) is -0.629. The molecule has 0 heterocycles. The summed E-state index contributed by atoms with van der Waals surface area (Å²) in [5.74, 6) is -37.5. The molecule has 1 N–H and O–H groups in total.